The summed E-state index contributed by atoms with van der Waals surface area (Å²) in [4.78, 5) is 6.92. The molecule has 5 nitrogen and oxygen atoms in total. The molecule has 0 amide bonds. The van der Waals surface area contributed by atoms with Crippen LogP contribution in [0.5, 0.6) is 0 Å². The second-order valence-electron chi connectivity index (χ2n) is 6.40. The molecule has 2 aromatic rings. The molecule has 2 aliphatic rings. The van der Waals surface area contributed by atoms with E-state index in [0.717, 1.165) is 48.2 Å². The van der Waals surface area contributed by atoms with Crippen LogP contribution in [0.25, 0.3) is 10.9 Å². The second kappa shape index (κ2) is 6.04. The van der Waals surface area contributed by atoms with Crippen LogP contribution in [0.1, 0.15) is 24.8 Å². The van der Waals surface area contributed by atoms with Crippen molar-refractivity contribution in [1.82, 2.24) is 15.1 Å². The van der Waals surface area contributed by atoms with Gasteiger partial charge in [0.15, 0.2) is 5.82 Å². The average molecular weight is 332 g/mol. The van der Waals surface area contributed by atoms with Gasteiger partial charge in [-0.15, -0.1) is 0 Å². The summed E-state index contributed by atoms with van der Waals surface area (Å²) in [5.41, 5.74) is 2.34. The van der Waals surface area contributed by atoms with E-state index in [2.05, 4.69) is 32.9 Å². The van der Waals surface area contributed by atoms with Crippen LogP contribution in [0.3, 0.4) is 0 Å². The number of anilines is 1. The summed E-state index contributed by atoms with van der Waals surface area (Å²) in [6.45, 7) is 6.76. The number of benzene rings is 1. The first-order chi connectivity index (χ1) is 11.2. The Hall–Kier alpha value is -1.75. The molecule has 1 saturated heterocycles. The van der Waals surface area contributed by atoms with Crippen LogP contribution in [-0.2, 0) is 6.54 Å². The molecule has 6 heteroatoms. The maximum absolute atomic E-state index is 6.32. The molecule has 0 unspecified atom stereocenters. The Morgan fingerprint density at radius 3 is 2.78 bits per heavy atom. The topological polar surface area (TPSA) is 45.5 Å². The van der Waals surface area contributed by atoms with Crippen LogP contribution in [-0.4, -0.2) is 41.8 Å². The molecule has 0 atom stereocenters. The third-order valence-corrected chi connectivity index (χ3v) is 4.90. The second-order valence-corrected chi connectivity index (χ2v) is 6.84. The van der Waals surface area contributed by atoms with Crippen molar-refractivity contribution in [2.75, 3.05) is 31.1 Å². The van der Waals surface area contributed by atoms with Crippen LogP contribution in [0.15, 0.2) is 17.1 Å². The molecule has 1 aromatic heterocycles. The molecule has 2 aliphatic heterocycles. The number of hydrogen-bond acceptors (Lipinski definition) is 4. The smallest absolute Gasteiger partial charge is 0.158 e. The maximum atomic E-state index is 6.32. The summed E-state index contributed by atoms with van der Waals surface area (Å²) in [6, 6.07) is 4.08. The number of rotatable bonds is 3. The van der Waals surface area contributed by atoms with Crippen molar-refractivity contribution >= 4 is 34.2 Å². The Morgan fingerprint density at radius 1 is 1.22 bits per heavy atom. The SMILES string of the molecule is Cc1cc(Cl)cc2c(N3CCCCC3)nn(CC3=NCCN3)c12. The minimum Gasteiger partial charge on any atom is -0.370 e. The molecule has 0 spiro atoms. The predicted octanol–water partition coefficient (Wildman–Crippen LogP) is 2.99. The van der Waals surface area contributed by atoms with Crippen LogP contribution >= 0.6 is 11.6 Å². The first-order valence-electron chi connectivity index (χ1n) is 8.41. The zero-order valence-electron chi connectivity index (χ0n) is 13.5. The summed E-state index contributed by atoms with van der Waals surface area (Å²) >= 11 is 6.32. The molecule has 122 valence electrons. The van der Waals surface area contributed by atoms with E-state index in [0.29, 0.717) is 6.54 Å². The number of hydrogen-bond donors (Lipinski definition) is 1. The molecule has 0 aliphatic carbocycles. The van der Waals surface area contributed by atoms with Gasteiger partial charge in [0.1, 0.15) is 5.84 Å². The van der Waals surface area contributed by atoms with Crippen molar-refractivity contribution in [2.45, 2.75) is 32.7 Å². The van der Waals surface area contributed by atoms with Gasteiger partial charge in [0.2, 0.25) is 0 Å². The van der Waals surface area contributed by atoms with E-state index >= 15 is 0 Å². The van der Waals surface area contributed by atoms with Crippen LogP contribution in [0.2, 0.25) is 5.02 Å². The highest BCUT2D eigenvalue weighted by molar-refractivity contribution is 6.31. The highest BCUT2D eigenvalue weighted by atomic mass is 35.5. The van der Waals surface area contributed by atoms with Crippen LogP contribution in [0, 0.1) is 6.92 Å². The van der Waals surface area contributed by atoms with Crippen molar-refractivity contribution in [1.29, 1.82) is 0 Å². The van der Waals surface area contributed by atoms with Gasteiger partial charge in [-0.25, -0.2) is 0 Å². The molecular weight excluding hydrogens is 310 g/mol. The molecular formula is C17H22ClN5. The number of nitrogens with zero attached hydrogens (tertiary/aromatic N) is 4. The number of aliphatic imine (C=N–C) groups is 1. The monoisotopic (exact) mass is 331 g/mol. The molecule has 4 rings (SSSR count). The van der Waals surface area contributed by atoms with Gasteiger partial charge >= 0.3 is 0 Å². The van der Waals surface area contributed by atoms with Crippen molar-refractivity contribution in [3.05, 3.63) is 22.7 Å². The minimum atomic E-state index is 0.701. The fraction of sp³-hybridized carbons (Fsp3) is 0.529. The summed E-state index contributed by atoms with van der Waals surface area (Å²) in [5.74, 6) is 2.10. The lowest BCUT2D eigenvalue weighted by molar-refractivity contribution is 0.569. The molecule has 1 fully saturated rings. The van der Waals surface area contributed by atoms with Crippen molar-refractivity contribution in [3.63, 3.8) is 0 Å². The zero-order valence-corrected chi connectivity index (χ0v) is 14.2. The first kappa shape index (κ1) is 14.8. The largest absolute Gasteiger partial charge is 0.370 e. The highest BCUT2D eigenvalue weighted by Gasteiger charge is 2.21. The number of aromatic nitrogens is 2. The van der Waals surface area contributed by atoms with E-state index < -0.39 is 0 Å². The van der Waals surface area contributed by atoms with Gasteiger partial charge in [-0.3, -0.25) is 9.67 Å². The van der Waals surface area contributed by atoms with Gasteiger partial charge in [0, 0.05) is 30.0 Å². The van der Waals surface area contributed by atoms with E-state index in [4.69, 9.17) is 16.7 Å². The number of piperidine rings is 1. The maximum Gasteiger partial charge on any atom is 0.158 e. The molecule has 0 bridgehead atoms. The number of halogens is 1. The van der Waals surface area contributed by atoms with Gasteiger partial charge in [-0.2, -0.15) is 5.10 Å². The van der Waals surface area contributed by atoms with E-state index in [-0.39, 0.29) is 0 Å². The van der Waals surface area contributed by atoms with Gasteiger partial charge in [0.25, 0.3) is 0 Å². The van der Waals surface area contributed by atoms with E-state index in [1.165, 1.54) is 30.3 Å². The Bertz CT molecular complexity index is 758. The molecule has 0 saturated carbocycles. The quantitative estimate of drug-likeness (QED) is 0.940. The van der Waals surface area contributed by atoms with Crippen molar-refractivity contribution < 1.29 is 0 Å². The fourth-order valence-electron chi connectivity index (χ4n) is 3.62. The standard InChI is InChI=1S/C17H22ClN5/c1-12-9-13(18)10-14-16(12)23(11-15-19-5-6-20-15)21-17(14)22-7-3-2-4-8-22/h9-10H,2-8,11H2,1H3,(H,19,20). The van der Waals surface area contributed by atoms with Crippen LogP contribution < -0.4 is 10.2 Å². The lowest BCUT2D eigenvalue weighted by Gasteiger charge is -2.26. The average Bonchev–Trinajstić information content (AvgIpc) is 3.17. The molecule has 1 aromatic carbocycles. The van der Waals surface area contributed by atoms with Gasteiger partial charge < -0.3 is 10.2 Å². The van der Waals surface area contributed by atoms with E-state index in [1.807, 2.05) is 6.07 Å². The van der Waals surface area contributed by atoms with Crippen LogP contribution in [0.4, 0.5) is 5.82 Å². The van der Waals surface area contributed by atoms with E-state index in [9.17, 15) is 0 Å². The number of fused-ring (bicyclic) bond motifs is 1. The highest BCUT2D eigenvalue weighted by Crippen LogP contribution is 2.32. The lowest BCUT2D eigenvalue weighted by atomic mass is 10.1. The van der Waals surface area contributed by atoms with E-state index in [1.54, 1.807) is 0 Å². The Labute approximate surface area is 141 Å². The number of aryl methyl sites for hydroxylation is 1. The predicted molar refractivity (Wildman–Crippen MR) is 95.8 cm³/mol. The lowest BCUT2D eigenvalue weighted by Crippen LogP contribution is -2.30. The van der Waals surface area contributed by atoms with Crippen molar-refractivity contribution in [3.8, 4) is 0 Å². The summed E-state index contributed by atoms with van der Waals surface area (Å²) < 4.78 is 2.09. The molecule has 0 radical (unpaired) electrons. The van der Waals surface area contributed by atoms with Gasteiger partial charge in [-0.1, -0.05) is 11.6 Å². The molecule has 3 heterocycles. The normalized spacial score (nSPS) is 18.3. The summed E-state index contributed by atoms with van der Waals surface area (Å²) in [7, 11) is 0. The summed E-state index contributed by atoms with van der Waals surface area (Å²) in [6.07, 6.45) is 3.79. The minimum absolute atomic E-state index is 0.701. The third-order valence-electron chi connectivity index (χ3n) is 4.68. The molecule has 1 N–H and O–H groups in total. The Kier molecular flexibility index (Phi) is 3.89. The Morgan fingerprint density at radius 2 is 2.04 bits per heavy atom. The molecule has 23 heavy (non-hydrogen) atoms. The first-order valence-corrected chi connectivity index (χ1v) is 8.79. The van der Waals surface area contributed by atoms with Gasteiger partial charge in [-0.05, 0) is 43.9 Å². The van der Waals surface area contributed by atoms with Gasteiger partial charge in [0.05, 0.1) is 18.6 Å². The third kappa shape index (κ3) is 2.78. The number of nitrogens with one attached hydrogen (secondary N) is 1. The zero-order chi connectivity index (χ0) is 15.8. The summed E-state index contributed by atoms with van der Waals surface area (Å²) in [5, 5.41) is 10.2. The number of amidine groups is 1. The Balaban J connectivity index is 1.81. The van der Waals surface area contributed by atoms with Crippen molar-refractivity contribution in [2.24, 2.45) is 4.99 Å². The fourth-order valence-corrected chi connectivity index (χ4v) is 3.89.